The molecule has 28 heavy (non-hydrogen) atoms. The van der Waals surface area contributed by atoms with Crippen LogP contribution in [0.25, 0.3) is 0 Å². The summed E-state index contributed by atoms with van der Waals surface area (Å²) in [6.07, 6.45) is 15.7. The molecule has 1 saturated heterocycles. The minimum absolute atomic E-state index is 0.0706. The normalized spacial score (nSPS) is 39.4. The first-order chi connectivity index (χ1) is 13.6. The highest BCUT2D eigenvalue weighted by atomic mass is 16.6. The van der Waals surface area contributed by atoms with Crippen molar-refractivity contribution in [1.82, 2.24) is 0 Å². The first-order valence-corrected chi connectivity index (χ1v) is 10.9. The molecule has 6 rings (SSSR count). The Morgan fingerprint density at radius 2 is 2.07 bits per heavy atom. The lowest BCUT2D eigenvalue weighted by Crippen LogP contribution is -2.60. The van der Waals surface area contributed by atoms with E-state index in [4.69, 9.17) is 9.47 Å². The Bertz CT molecular complexity index is 873. The molecule has 4 unspecified atom stereocenters. The second-order valence-electron chi connectivity index (χ2n) is 8.80. The van der Waals surface area contributed by atoms with E-state index in [-0.39, 0.29) is 23.8 Å². The highest BCUT2D eigenvalue weighted by molar-refractivity contribution is 5.99. The van der Waals surface area contributed by atoms with Crippen LogP contribution < -0.4 is 0 Å². The van der Waals surface area contributed by atoms with Gasteiger partial charge in [0, 0.05) is 17.4 Å². The van der Waals surface area contributed by atoms with Gasteiger partial charge in [0.1, 0.15) is 11.4 Å². The van der Waals surface area contributed by atoms with E-state index in [1.165, 1.54) is 5.57 Å². The smallest absolute Gasteiger partial charge is 0.339 e. The van der Waals surface area contributed by atoms with Crippen LogP contribution in [0.1, 0.15) is 65.2 Å². The Morgan fingerprint density at radius 3 is 2.86 bits per heavy atom. The van der Waals surface area contributed by atoms with Crippen LogP contribution in [-0.4, -0.2) is 17.5 Å². The van der Waals surface area contributed by atoms with Gasteiger partial charge in [-0.1, -0.05) is 44.9 Å². The van der Waals surface area contributed by atoms with E-state index >= 15 is 0 Å². The van der Waals surface area contributed by atoms with Gasteiger partial charge in [-0.3, -0.25) is 0 Å². The number of esters is 2. The summed E-state index contributed by atoms with van der Waals surface area (Å²) in [6, 6.07) is 0. The number of ether oxygens (including phenoxy) is 2. The first-order valence-electron chi connectivity index (χ1n) is 10.9. The predicted molar refractivity (Wildman–Crippen MR) is 105 cm³/mol. The molecule has 148 valence electrons. The van der Waals surface area contributed by atoms with Crippen LogP contribution in [0.4, 0.5) is 0 Å². The van der Waals surface area contributed by atoms with E-state index in [0.717, 1.165) is 68.3 Å². The Morgan fingerprint density at radius 1 is 1.21 bits per heavy atom. The average molecular weight is 380 g/mol. The third-order valence-corrected chi connectivity index (χ3v) is 7.54. The van der Waals surface area contributed by atoms with Crippen LogP contribution in [0, 0.1) is 17.3 Å². The van der Waals surface area contributed by atoms with Crippen molar-refractivity contribution in [3.63, 3.8) is 0 Å². The largest absolute Gasteiger partial charge is 0.450 e. The molecule has 2 aliphatic heterocycles. The molecule has 0 radical (unpaired) electrons. The van der Waals surface area contributed by atoms with E-state index in [2.05, 4.69) is 32.1 Å². The Labute approximate surface area is 166 Å². The third-order valence-electron chi connectivity index (χ3n) is 7.54. The fourth-order valence-corrected chi connectivity index (χ4v) is 6.56. The van der Waals surface area contributed by atoms with Crippen LogP contribution in [0.15, 0.2) is 46.8 Å². The van der Waals surface area contributed by atoms with Gasteiger partial charge in [0.2, 0.25) is 0 Å². The number of allylic oxidation sites excluding steroid dienone is 3. The summed E-state index contributed by atoms with van der Waals surface area (Å²) >= 11 is 0. The molecule has 2 heterocycles. The van der Waals surface area contributed by atoms with Crippen LogP contribution in [-0.2, 0) is 19.1 Å². The molecule has 4 aliphatic carbocycles. The quantitative estimate of drug-likeness (QED) is 0.650. The molecule has 2 spiro atoms. The number of unbranched alkanes of at least 4 members (excludes halogenated alkanes) is 1. The van der Waals surface area contributed by atoms with Crippen molar-refractivity contribution in [2.75, 3.05) is 0 Å². The second kappa shape index (κ2) is 6.20. The summed E-state index contributed by atoms with van der Waals surface area (Å²) in [5, 5.41) is 0. The molecule has 6 aliphatic rings. The van der Waals surface area contributed by atoms with Gasteiger partial charge in [-0.25, -0.2) is 9.59 Å². The monoisotopic (exact) mass is 380 g/mol. The molecule has 0 N–H and O–H groups in total. The van der Waals surface area contributed by atoms with Crippen LogP contribution in [0.2, 0.25) is 0 Å². The van der Waals surface area contributed by atoms with Gasteiger partial charge in [0.05, 0.1) is 11.0 Å². The van der Waals surface area contributed by atoms with E-state index in [1.807, 2.05) is 6.08 Å². The lowest BCUT2D eigenvalue weighted by molar-refractivity contribution is -0.170. The van der Waals surface area contributed by atoms with Gasteiger partial charge < -0.3 is 9.47 Å². The number of carbonyl (C=O) groups is 2. The van der Waals surface area contributed by atoms with E-state index < -0.39 is 11.0 Å². The second-order valence-corrected chi connectivity index (χ2v) is 8.80. The van der Waals surface area contributed by atoms with E-state index in [1.54, 1.807) is 0 Å². The number of hydrogen-bond acceptors (Lipinski definition) is 4. The van der Waals surface area contributed by atoms with Crippen molar-refractivity contribution in [1.29, 1.82) is 0 Å². The standard InChI is InChI=1S/C24H28O4/c1-3-5-11-20-23-13-12-15(14-18(23)22(26)27-20)24(19(23)8-4-2)17-10-7-6-9-16(17)21(25)28-24/h6,9,11,14-15,19H,3-5,7-8,10,12-13H2,1-2H3. The van der Waals surface area contributed by atoms with Gasteiger partial charge in [-0.05, 0) is 50.2 Å². The molecular formula is C24H28O4. The lowest BCUT2D eigenvalue weighted by atomic mass is 9.46. The molecule has 0 aromatic heterocycles. The van der Waals surface area contributed by atoms with Gasteiger partial charge >= 0.3 is 11.9 Å². The predicted octanol–water partition coefficient (Wildman–Crippen LogP) is 4.92. The van der Waals surface area contributed by atoms with Crippen LogP contribution in [0.3, 0.4) is 0 Å². The Balaban J connectivity index is 1.74. The maximum absolute atomic E-state index is 12.9. The maximum Gasteiger partial charge on any atom is 0.339 e. The number of cyclic esters (lactones) is 1. The fourth-order valence-electron chi connectivity index (χ4n) is 6.56. The molecule has 4 heteroatoms. The summed E-state index contributed by atoms with van der Waals surface area (Å²) in [6.45, 7) is 4.31. The number of fused-ring (bicyclic) bond motifs is 1. The topological polar surface area (TPSA) is 52.6 Å². The first kappa shape index (κ1) is 18.0. The number of rotatable bonds is 4. The van der Waals surface area contributed by atoms with Crippen molar-refractivity contribution in [3.05, 3.63) is 46.8 Å². The summed E-state index contributed by atoms with van der Waals surface area (Å²) in [5.41, 5.74) is 1.73. The van der Waals surface area contributed by atoms with Gasteiger partial charge in [0.25, 0.3) is 0 Å². The molecule has 0 aromatic rings. The average Bonchev–Trinajstić information content (AvgIpc) is 3.16. The van der Waals surface area contributed by atoms with Crippen LogP contribution in [0.5, 0.6) is 0 Å². The zero-order valence-corrected chi connectivity index (χ0v) is 16.8. The van der Waals surface area contributed by atoms with Crippen molar-refractivity contribution in [2.24, 2.45) is 17.3 Å². The van der Waals surface area contributed by atoms with Crippen molar-refractivity contribution < 1.29 is 19.1 Å². The van der Waals surface area contributed by atoms with Crippen molar-refractivity contribution >= 4 is 11.9 Å². The zero-order chi connectivity index (χ0) is 19.5. The molecule has 0 amide bonds. The van der Waals surface area contributed by atoms with Crippen molar-refractivity contribution in [3.8, 4) is 0 Å². The molecule has 4 atom stereocenters. The Kier molecular flexibility index (Phi) is 3.98. The minimum atomic E-state index is -0.603. The summed E-state index contributed by atoms with van der Waals surface area (Å²) in [7, 11) is 0. The molecule has 0 aromatic carbocycles. The summed E-state index contributed by atoms with van der Waals surface area (Å²) in [4.78, 5) is 25.7. The lowest BCUT2D eigenvalue weighted by Gasteiger charge is -2.58. The third kappa shape index (κ3) is 2.01. The van der Waals surface area contributed by atoms with E-state index in [0.29, 0.717) is 0 Å². The number of carbonyl (C=O) groups excluding carboxylic acids is 2. The van der Waals surface area contributed by atoms with Crippen LogP contribution >= 0.6 is 0 Å². The molecule has 1 saturated carbocycles. The molecule has 2 fully saturated rings. The highest BCUT2D eigenvalue weighted by Crippen LogP contribution is 2.70. The Hall–Kier alpha value is -2.10. The maximum atomic E-state index is 12.9. The summed E-state index contributed by atoms with van der Waals surface area (Å²) in [5.74, 6) is 0.585. The van der Waals surface area contributed by atoms with E-state index in [9.17, 15) is 9.59 Å². The van der Waals surface area contributed by atoms with Gasteiger partial charge in [-0.2, -0.15) is 0 Å². The number of hydrogen-bond donors (Lipinski definition) is 0. The molecule has 2 bridgehead atoms. The van der Waals surface area contributed by atoms with Gasteiger partial charge in [-0.15, -0.1) is 0 Å². The molecule has 4 nitrogen and oxygen atoms in total. The fraction of sp³-hybridized carbons (Fsp3) is 0.583. The molecular weight excluding hydrogens is 352 g/mol. The summed E-state index contributed by atoms with van der Waals surface area (Å²) < 4.78 is 12.2. The van der Waals surface area contributed by atoms with Gasteiger partial charge in [0.15, 0.2) is 0 Å². The zero-order valence-electron chi connectivity index (χ0n) is 16.8. The minimum Gasteiger partial charge on any atom is -0.450 e. The highest BCUT2D eigenvalue weighted by Gasteiger charge is 2.71. The van der Waals surface area contributed by atoms with Crippen molar-refractivity contribution in [2.45, 2.75) is 70.8 Å². The SMILES string of the molecule is CCCC=C1OC(=O)C2=CC3CCC12C(CCC)C31OC(=O)C2=C1CCC=C2.